The van der Waals surface area contributed by atoms with E-state index < -0.39 is 11.7 Å². The highest BCUT2D eigenvalue weighted by Gasteiger charge is 2.20. The number of likely N-dealkylation sites (N-methyl/N-ethyl adjacent to an activating group) is 1. The summed E-state index contributed by atoms with van der Waals surface area (Å²) in [7, 11) is 1.53. The first-order chi connectivity index (χ1) is 14.1. The number of anilines is 1. The zero-order valence-electron chi connectivity index (χ0n) is 18.8. The lowest BCUT2D eigenvalue weighted by molar-refractivity contribution is -0.122. The summed E-state index contributed by atoms with van der Waals surface area (Å²) in [4.78, 5) is 33.5. The van der Waals surface area contributed by atoms with Crippen molar-refractivity contribution in [1.29, 1.82) is 0 Å². The molecule has 0 spiro atoms. The van der Waals surface area contributed by atoms with Crippen LogP contribution in [-0.4, -0.2) is 59.2 Å². The van der Waals surface area contributed by atoms with Crippen molar-refractivity contribution in [3.05, 3.63) is 17.6 Å². The minimum absolute atomic E-state index is 0.0483. The second-order valence-electron chi connectivity index (χ2n) is 7.30. The molecule has 0 unspecified atom stereocenters. The molecule has 0 radical (unpaired) electrons. The van der Waals surface area contributed by atoms with E-state index in [0.29, 0.717) is 25.2 Å². The summed E-state index contributed by atoms with van der Waals surface area (Å²) < 4.78 is 5.21. The Hall–Kier alpha value is -3.26. The molecule has 0 bridgehead atoms. The molecule has 8 heteroatoms. The lowest BCUT2D eigenvalue weighted by Crippen LogP contribution is -2.41. The van der Waals surface area contributed by atoms with Crippen LogP contribution >= 0.6 is 0 Å². The van der Waals surface area contributed by atoms with Gasteiger partial charge in [-0.3, -0.25) is 4.79 Å². The number of nitrogens with zero attached hydrogens (tertiary/aromatic N) is 3. The number of rotatable bonds is 7. The molecule has 8 nitrogen and oxygen atoms in total. The summed E-state index contributed by atoms with van der Waals surface area (Å²) in [6.45, 7) is 10.4. The predicted molar refractivity (Wildman–Crippen MR) is 119 cm³/mol. The van der Waals surface area contributed by atoms with Crippen LogP contribution in [0.1, 0.15) is 51.9 Å². The molecular weight excluding hydrogens is 382 g/mol. The van der Waals surface area contributed by atoms with Gasteiger partial charge in [0, 0.05) is 32.8 Å². The van der Waals surface area contributed by atoms with Crippen molar-refractivity contribution < 1.29 is 14.3 Å². The largest absolute Gasteiger partial charge is 0.444 e. The number of aryl methyl sites for hydroxylation is 1. The molecule has 2 amide bonds. The highest BCUT2D eigenvalue weighted by molar-refractivity contribution is 5.82. The van der Waals surface area contributed by atoms with E-state index in [4.69, 9.17) is 4.74 Å². The zero-order valence-corrected chi connectivity index (χ0v) is 18.8. The van der Waals surface area contributed by atoms with Gasteiger partial charge in [0.15, 0.2) is 0 Å². The highest BCUT2D eigenvalue weighted by atomic mass is 16.6. The van der Waals surface area contributed by atoms with Crippen molar-refractivity contribution in [3.8, 4) is 24.7 Å². The van der Waals surface area contributed by atoms with Gasteiger partial charge >= 0.3 is 6.09 Å². The molecule has 1 aromatic rings. The Balaban J connectivity index is 0.00000407. The Morgan fingerprint density at radius 1 is 1.30 bits per heavy atom. The Morgan fingerprint density at radius 2 is 1.97 bits per heavy atom. The summed E-state index contributed by atoms with van der Waals surface area (Å²) in [5, 5.41) is 5.95. The molecule has 0 aliphatic carbocycles. The molecule has 0 aliphatic heterocycles. The van der Waals surface area contributed by atoms with E-state index in [0.717, 1.165) is 17.9 Å². The van der Waals surface area contributed by atoms with Gasteiger partial charge in [0.2, 0.25) is 5.91 Å². The fourth-order valence-electron chi connectivity index (χ4n) is 2.10. The molecule has 0 fully saturated rings. The molecule has 1 heterocycles. The standard InChI is InChI=1S/C20H31N5O3.C2H2/c1-7-21-18-16(13-23-15(2)24-18)11-9-8-10-12-22-17(26)14-25(6)19(27)28-20(3,4)5;1-2/h13H,7-8,10,12,14H2,1-6H3,(H,22,26)(H,21,23,24);1-2H. The maximum atomic E-state index is 11.9. The second kappa shape index (κ2) is 13.8. The topological polar surface area (TPSA) is 96.5 Å². The Morgan fingerprint density at radius 3 is 2.57 bits per heavy atom. The zero-order chi connectivity index (χ0) is 23.2. The first-order valence-electron chi connectivity index (χ1n) is 9.73. The summed E-state index contributed by atoms with van der Waals surface area (Å²) in [5.41, 5.74) is 0.172. The first kappa shape index (κ1) is 26.7. The van der Waals surface area contributed by atoms with Crippen LogP contribution < -0.4 is 10.6 Å². The third-order valence-electron chi connectivity index (χ3n) is 3.36. The normalized spacial score (nSPS) is 9.87. The van der Waals surface area contributed by atoms with Crippen molar-refractivity contribution in [2.75, 3.05) is 32.0 Å². The minimum Gasteiger partial charge on any atom is -0.444 e. The van der Waals surface area contributed by atoms with Gasteiger partial charge in [-0.15, -0.1) is 12.8 Å². The maximum absolute atomic E-state index is 11.9. The number of amides is 2. The van der Waals surface area contributed by atoms with Crippen LogP contribution in [0.3, 0.4) is 0 Å². The smallest absolute Gasteiger partial charge is 0.410 e. The van der Waals surface area contributed by atoms with Crippen molar-refractivity contribution >= 4 is 17.8 Å². The van der Waals surface area contributed by atoms with Crippen LogP contribution in [0.25, 0.3) is 0 Å². The van der Waals surface area contributed by atoms with E-state index in [1.54, 1.807) is 27.0 Å². The van der Waals surface area contributed by atoms with E-state index in [2.05, 4.69) is 45.3 Å². The summed E-state index contributed by atoms with van der Waals surface area (Å²) in [5.74, 6) is 7.33. The van der Waals surface area contributed by atoms with Gasteiger partial charge in [-0.05, 0) is 41.0 Å². The van der Waals surface area contributed by atoms with Crippen LogP contribution in [0.5, 0.6) is 0 Å². The highest BCUT2D eigenvalue weighted by Crippen LogP contribution is 2.10. The number of terminal acetylenes is 1. The second-order valence-corrected chi connectivity index (χ2v) is 7.30. The third-order valence-corrected chi connectivity index (χ3v) is 3.36. The van der Waals surface area contributed by atoms with Gasteiger partial charge in [-0.25, -0.2) is 14.8 Å². The molecular formula is C22H33N5O3. The van der Waals surface area contributed by atoms with Crippen LogP contribution in [0, 0.1) is 31.6 Å². The SMILES string of the molecule is C#C.CCNc1nc(C)ncc1C#CCCCNC(=O)CN(C)C(=O)OC(C)(C)C. The molecule has 30 heavy (non-hydrogen) atoms. The van der Waals surface area contributed by atoms with Crippen molar-refractivity contribution in [2.24, 2.45) is 0 Å². The van der Waals surface area contributed by atoms with Crippen molar-refractivity contribution in [3.63, 3.8) is 0 Å². The minimum atomic E-state index is -0.588. The maximum Gasteiger partial charge on any atom is 0.410 e. The molecule has 0 saturated heterocycles. The number of unbranched alkanes of at least 4 members (excludes halogenated alkanes) is 1. The lowest BCUT2D eigenvalue weighted by Gasteiger charge is -2.24. The number of nitrogens with one attached hydrogen (secondary N) is 2. The predicted octanol–water partition coefficient (Wildman–Crippen LogP) is 2.58. The fourth-order valence-corrected chi connectivity index (χ4v) is 2.10. The van der Waals surface area contributed by atoms with Crippen LogP contribution in [0.15, 0.2) is 6.20 Å². The van der Waals surface area contributed by atoms with E-state index in [1.165, 1.54) is 11.9 Å². The van der Waals surface area contributed by atoms with E-state index >= 15 is 0 Å². The van der Waals surface area contributed by atoms with Gasteiger partial charge in [0.1, 0.15) is 23.8 Å². The number of ether oxygens (including phenoxy) is 1. The molecule has 1 aromatic heterocycles. The van der Waals surface area contributed by atoms with Gasteiger partial charge in [-0.1, -0.05) is 11.8 Å². The lowest BCUT2D eigenvalue weighted by atomic mass is 10.2. The number of carbonyl (C=O) groups excluding carboxylic acids is 2. The van der Waals surface area contributed by atoms with Crippen LogP contribution in [-0.2, 0) is 9.53 Å². The molecule has 1 rings (SSSR count). The quantitative estimate of drug-likeness (QED) is 0.525. The van der Waals surface area contributed by atoms with Crippen molar-refractivity contribution in [1.82, 2.24) is 20.2 Å². The third kappa shape index (κ3) is 11.6. The first-order valence-corrected chi connectivity index (χ1v) is 9.73. The van der Waals surface area contributed by atoms with Gasteiger partial charge < -0.3 is 20.3 Å². The number of hydrogen-bond donors (Lipinski definition) is 2. The Labute approximate surface area is 180 Å². The van der Waals surface area contributed by atoms with Crippen LogP contribution in [0.4, 0.5) is 10.6 Å². The van der Waals surface area contributed by atoms with E-state index in [-0.39, 0.29) is 12.5 Å². The molecule has 164 valence electrons. The van der Waals surface area contributed by atoms with E-state index in [9.17, 15) is 9.59 Å². The van der Waals surface area contributed by atoms with Gasteiger partial charge in [0.25, 0.3) is 0 Å². The summed E-state index contributed by atoms with van der Waals surface area (Å²) in [6, 6.07) is 0. The average molecular weight is 416 g/mol. The number of hydrogen-bond acceptors (Lipinski definition) is 6. The molecule has 0 aromatic carbocycles. The van der Waals surface area contributed by atoms with E-state index in [1.807, 2.05) is 13.8 Å². The molecule has 0 atom stereocenters. The number of carbonyl (C=O) groups is 2. The summed E-state index contributed by atoms with van der Waals surface area (Å²) >= 11 is 0. The van der Waals surface area contributed by atoms with Crippen molar-refractivity contribution in [2.45, 2.75) is 53.1 Å². The van der Waals surface area contributed by atoms with Crippen LogP contribution in [0.2, 0.25) is 0 Å². The summed E-state index contributed by atoms with van der Waals surface area (Å²) in [6.07, 6.45) is 10.5. The molecule has 0 aliphatic rings. The average Bonchev–Trinajstić information content (AvgIpc) is 2.66. The Kier molecular flexibility index (Phi) is 12.3. The molecule has 2 N–H and O–H groups in total. The number of aromatic nitrogens is 2. The van der Waals surface area contributed by atoms with Gasteiger partial charge in [-0.2, -0.15) is 0 Å². The fraction of sp³-hybridized carbons (Fsp3) is 0.545. The van der Waals surface area contributed by atoms with Gasteiger partial charge in [0.05, 0.1) is 5.56 Å². The molecule has 0 saturated carbocycles. The monoisotopic (exact) mass is 415 g/mol. The Bertz CT molecular complexity index is 772.